The Kier molecular flexibility index (Phi) is 3.93. The van der Waals surface area contributed by atoms with Crippen molar-refractivity contribution >= 4 is 33.2 Å². The highest BCUT2D eigenvalue weighted by atomic mass is 79.9. The van der Waals surface area contributed by atoms with Crippen molar-refractivity contribution in [3.8, 4) is 0 Å². The highest BCUT2D eigenvalue weighted by Gasteiger charge is 2.16. The van der Waals surface area contributed by atoms with Crippen LogP contribution < -0.4 is 0 Å². The Labute approximate surface area is 89.7 Å². The van der Waals surface area contributed by atoms with Crippen LogP contribution in [0.5, 0.6) is 0 Å². The fourth-order valence-electron chi connectivity index (χ4n) is 1.11. The van der Waals surface area contributed by atoms with Crippen LogP contribution in [-0.2, 0) is 11.2 Å². The zero-order valence-corrected chi connectivity index (χ0v) is 9.69. The molecule has 0 spiro atoms. The average Bonchev–Trinajstić information content (AvgIpc) is 2.46. The van der Waals surface area contributed by atoms with Gasteiger partial charge in [-0.1, -0.05) is 6.92 Å². The summed E-state index contributed by atoms with van der Waals surface area (Å²) < 4.78 is 1.03. The second-order valence-corrected chi connectivity index (χ2v) is 4.79. The van der Waals surface area contributed by atoms with E-state index in [9.17, 15) is 4.79 Å². The summed E-state index contributed by atoms with van der Waals surface area (Å²) >= 11 is 4.94. The van der Waals surface area contributed by atoms with E-state index in [1.54, 1.807) is 11.3 Å². The highest BCUT2D eigenvalue weighted by Crippen LogP contribution is 2.23. The van der Waals surface area contributed by atoms with Crippen molar-refractivity contribution < 1.29 is 9.90 Å². The van der Waals surface area contributed by atoms with Crippen LogP contribution in [0.25, 0.3) is 0 Å². The number of rotatable bonds is 4. The standard InChI is InChI=1S/C9H11BrO2S/c1-2-6(9(11)12)3-8-4-7(10)5-13-8/h4-6H,2-3H2,1H3,(H,11,12). The van der Waals surface area contributed by atoms with Gasteiger partial charge < -0.3 is 5.11 Å². The number of halogens is 1. The molecule has 4 heteroatoms. The second kappa shape index (κ2) is 4.77. The molecule has 1 atom stereocenters. The number of carbonyl (C=O) groups is 1. The van der Waals surface area contributed by atoms with Crippen molar-refractivity contribution in [2.75, 3.05) is 0 Å². The molecule has 1 rings (SSSR count). The van der Waals surface area contributed by atoms with Crippen LogP contribution in [0, 0.1) is 5.92 Å². The van der Waals surface area contributed by atoms with Gasteiger partial charge in [0.05, 0.1) is 5.92 Å². The number of carboxylic acids is 1. The molecule has 1 N–H and O–H groups in total. The monoisotopic (exact) mass is 262 g/mol. The first-order chi connectivity index (χ1) is 6.13. The molecule has 0 radical (unpaired) electrons. The first kappa shape index (κ1) is 10.7. The van der Waals surface area contributed by atoms with Crippen LogP contribution in [0.2, 0.25) is 0 Å². The number of hydrogen-bond acceptors (Lipinski definition) is 2. The van der Waals surface area contributed by atoms with Gasteiger partial charge in [-0.15, -0.1) is 11.3 Å². The van der Waals surface area contributed by atoms with E-state index in [2.05, 4.69) is 15.9 Å². The van der Waals surface area contributed by atoms with Crippen LogP contribution in [-0.4, -0.2) is 11.1 Å². The van der Waals surface area contributed by atoms with Crippen LogP contribution in [0.1, 0.15) is 18.2 Å². The minimum absolute atomic E-state index is 0.245. The molecular formula is C9H11BrO2S. The van der Waals surface area contributed by atoms with Crippen LogP contribution in [0.15, 0.2) is 15.9 Å². The van der Waals surface area contributed by atoms with E-state index in [1.807, 2.05) is 18.4 Å². The lowest BCUT2D eigenvalue weighted by molar-refractivity contribution is -0.141. The van der Waals surface area contributed by atoms with Crippen LogP contribution in [0.3, 0.4) is 0 Å². The molecule has 0 bridgehead atoms. The van der Waals surface area contributed by atoms with E-state index in [1.165, 1.54) is 0 Å². The van der Waals surface area contributed by atoms with Crippen LogP contribution in [0.4, 0.5) is 0 Å². The normalized spacial score (nSPS) is 12.8. The Morgan fingerprint density at radius 2 is 2.46 bits per heavy atom. The Morgan fingerprint density at radius 1 is 1.77 bits per heavy atom. The fourth-order valence-corrected chi connectivity index (χ4v) is 2.64. The summed E-state index contributed by atoms with van der Waals surface area (Å²) in [6.45, 7) is 1.90. The lowest BCUT2D eigenvalue weighted by Gasteiger charge is -2.06. The molecule has 0 saturated carbocycles. The van der Waals surface area contributed by atoms with Crippen molar-refractivity contribution in [3.63, 3.8) is 0 Å². The van der Waals surface area contributed by atoms with Crippen molar-refractivity contribution in [3.05, 3.63) is 20.8 Å². The van der Waals surface area contributed by atoms with Gasteiger partial charge in [-0.3, -0.25) is 4.79 Å². The Morgan fingerprint density at radius 3 is 2.85 bits per heavy atom. The molecule has 72 valence electrons. The summed E-state index contributed by atoms with van der Waals surface area (Å²) in [6.07, 6.45) is 1.33. The second-order valence-electron chi connectivity index (χ2n) is 2.88. The lowest BCUT2D eigenvalue weighted by Crippen LogP contribution is -2.14. The summed E-state index contributed by atoms with van der Waals surface area (Å²) in [5.41, 5.74) is 0. The summed E-state index contributed by atoms with van der Waals surface area (Å²) in [7, 11) is 0. The van der Waals surface area contributed by atoms with Gasteiger partial charge >= 0.3 is 5.97 Å². The predicted octanol–water partition coefficient (Wildman–Crippen LogP) is 3.16. The SMILES string of the molecule is CCC(Cc1cc(Br)cs1)C(=O)O. The van der Waals surface area contributed by atoms with Crippen molar-refractivity contribution in [1.29, 1.82) is 0 Å². The smallest absolute Gasteiger partial charge is 0.306 e. The number of hydrogen-bond donors (Lipinski definition) is 1. The average molecular weight is 263 g/mol. The molecule has 1 unspecified atom stereocenters. The molecule has 1 aromatic rings. The Bertz CT molecular complexity index is 296. The Balaban J connectivity index is 2.61. The highest BCUT2D eigenvalue weighted by molar-refractivity contribution is 9.10. The maximum absolute atomic E-state index is 10.7. The minimum atomic E-state index is -0.702. The molecule has 0 amide bonds. The van der Waals surface area contributed by atoms with Gasteiger partial charge in [0.2, 0.25) is 0 Å². The number of aliphatic carboxylic acids is 1. The molecule has 1 heterocycles. The van der Waals surface area contributed by atoms with Gasteiger partial charge in [0, 0.05) is 14.7 Å². The zero-order chi connectivity index (χ0) is 9.84. The third-order valence-corrected chi connectivity index (χ3v) is 3.63. The minimum Gasteiger partial charge on any atom is -0.481 e. The summed E-state index contributed by atoms with van der Waals surface area (Å²) in [5, 5.41) is 10.8. The van der Waals surface area contributed by atoms with Gasteiger partial charge in [0.1, 0.15) is 0 Å². The van der Waals surface area contributed by atoms with E-state index in [0.717, 1.165) is 9.35 Å². The predicted molar refractivity (Wildman–Crippen MR) is 57.1 cm³/mol. The van der Waals surface area contributed by atoms with E-state index in [0.29, 0.717) is 12.8 Å². The molecule has 0 aliphatic carbocycles. The van der Waals surface area contributed by atoms with E-state index in [4.69, 9.17) is 5.11 Å². The van der Waals surface area contributed by atoms with E-state index >= 15 is 0 Å². The molecule has 2 nitrogen and oxygen atoms in total. The van der Waals surface area contributed by atoms with Crippen molar-refractivity contribution in [2.45, 2.75) is 19.8 Å². The first-order valence-electron chi connectivity index (χ1n) is 4.09. The van der Waals surface area contributed by atoms with Crippen LogP contribution >= 0.6 is 27.3 Å². The molecule has 1 aromatic heterocycles. The Hall–Kier alpha value is -0.350. The topological polar surface area (TPSA) is 37.3 Å². The van der Waals surface area contributed by atoms with Gasteiger partial charge in [-0.05, 0) is 34.8 Å². The number of carboxylic acid groups (broad SMARTS) is 1. The van der Waals surface area contributed by atoms with Crippen molar-refractivity contribution in [2.24, 2.45) is 5.92 Å². The summed E-state index contributed by atoms with van der Waals surface area (Å²) in [5.74, 6) is -0.947. The summed E-state index contributed by atoms with van der Waals surface area (Å²) in [6, 6.07) is 1.98. The lowest BCUT2D eigenvalue weighted by atomic mass is 10.0. The molecule has 0 aliphatic heterocycles. The molecular weight excluding hydrogens is 252 g/mol. The van der Waals surface area contributed by atoms with E-state index < -0.39 is 5.97 Å². The fraction of sp³-hybridized carbons (Fsp3) is 0.444. The number of thiophene rings is 1. The van der Waals surface area contributed by atoms with Crippen molar-refractivity contribution in [1.82, 2.24) is 0 Å². The largest absolute Gasteiger partial charge is 0.481 e. The summed E-state index contributed by atoms with van der Waals surface area (Å²) in [4.78, 5) is 11.9. The molecule has 0 aromatic carbocycles. The van der Waals surface area contributed by atoms with Gasteiger partial charge in [0.15, 0.2) is 0 Å². The maximum atomic E-state index is 10.7. The van der Waals surface area contributed by atoms with Gasteiger partial charge in [-0.25, -0.2) is 0 Å². The molecule has 13 heavy (non-hydrogen) atoms. The third-order valence-electron chi connectivity index (χ3n) is 1.91. The molecule has 0 saturated heterocycles. The first-order valence-corrected chi connectivity index (χ1v) is 5.76. The van der Waals surface area contributed by atoms with Gasteiger partial charge in [-0.2, -0.15) is 0 Å². The molecule has 0 aliphatic rings. The quantitative estimate of drug-likeness (QED) is 0.905. The zero-order valence-electron chi connectivity index (χ0n) is 7.29. The van der Waals surface area contributed by atoms with Gasteiger partial charge in [0.25, 0.3) is 0 Å². The third kappa shape index (κ3) is 3.12. The molecule has 0 fully saturated rings. The van der Waals surface area contributed by atoms with E-state index in [-0.39, 0.29) is 5.92 Å². The maximum Gasteiger partial charge on any atom is 0.306 e.